The van der Waals surface area contributed by atoms with Crippen LogP contribution < -0.4 is 5.32 Å². The molecule has 0 aliphatic carbocycles. The lowest BCUT2D eigenvalue weighted by molar-refractivity contribution is -0.391. The maximum absolute atomic E-state index is 12.5. The van der Waals surface area contributed by atoms with Crippen molar-refractivity contribution in [3.63, 3.8) is 0 Å². The van der Waals surface area contributed by atoms with Crippen molar-refractivity contribution >= 4 is 11.7 Å². The first-order valence-electron chi connectivity index (χ1n) is 5.05. The van der Waals surface area contributed by atoms with E-state index in [-0.39, 0.29) is 0 Å². The second-order valence-electron chi connectivity index (χ2n) is 3.73. The Bertz CT molecular complexity index is 511. The smallest absolute Gasteiger partial charge is 0.358 e. The van der Waals surface area contributed by atoms with Gasteiger partial charge < -0.3 is 15.4 Å². The van der Waals surface area contributed by atoms with Gasteiger partial charge in [0.2, 0.25) is 0 Å². The quantitative estimate of drug-likeness (QED) is 0.511. The number of nitro groups is 1. The van der Waals surface area contributed by atoms with Crippen molar-refractivity contribution in [1.29, 1.82) is 0 Å². The molecule has 0 spiro atoms. The summed E-state index contributed by atoms with van der Waals surface area (Å²) in [5, 5.41) is 11.9. The third kappa shape index (κ3) is 3.65. The molecule has 0 atom stereocenters. The average Bonchev–Trinajstić information content (AvgIpc) is 2.73. The zero-order valence-corrected chi connectivity index (χ0v) is 9.66. The predicted molar refractivity (Wildman–Crippen MR) is 55.1 cm³/mol. The van der Waals surface area contributed by atoms with Gasteiger partial charge >= 0.3 is 17.9 Å². The fraction of sp³-hybridized carbons (Fsp3) is 0.444. The second-order valence-corrected chi connectivity index (χ2v) is 3.73. The number of carbonyl (C=O) groups excluding carboxylic acids is 1. The number of hydrogen-bond acceptors (Lipinski definition) is 3. The normalized spacial score (nSPS) is 12.2. The van der Waals surface area contributed by atoms with Crippen LogP contribution in [0.25, 0.3) is 0 Å². The lowest BCUT2D eigenvalue weighted by atomic mass is 10.3. The SMILES string of the molecule is O=C(Cn1cccc1[N+](=O)[O-])NCC(F)(F)C(F)(F)F. The maximum atomic E-state index is 12.5. The number of nitrogens with one attached hydrogen (secondary N) is 1. The number of rotatable bonds is 5. The van der Waals surface area contributed by atoms with Crippen molar-refractivity contribution in [3.05, 3.63) is 28.4 Å². The lowest BCUT2D eigenvalue weighted by Crippen LogP contribution is -2.47. The lowest BCUT2D eigenvalue weighted by Gasteiger charge is -2.19. The molecule has 1 N–H and O–H groups in total. The summed E-state index contributed by atoms with van der Waals surface area (Å²) >= 11 is 0. The Hall–Kier alpha value is -2.20. The number of nitrogens with zero attached hydrogens (tertiary/aromatic N) is 2. The van der Waals surface area contributed by atoms with Gasteiger partial charge in [0.1, 0.15) is 0 Å². The predicted octanol–water partition coefficient (Wildman–Crippen LogP) is 1.71. The monoisotopic (exact) mass is 301 g/mol. The van der Waals surface area contributed by atoms with E-state index in [0.29, 0.717) is 0 Å². The highest BCUT2D eigenvalue weighted by molar-refractivity contribution is 5.76. The molecule has 1 aromatic heterocycles. The zero-order chi connectivity index (χ0) is 15.6. The molecule has 0 radical (unpaired) electrons. The fourth-order valence-corrected chi connectivity index (χ4v) is 1.22. The van der Waals surface area contributed by atoms with Crippen molar-refractivity contribution < 1.29 is 31.7 Å². The number of carbonyl (C=O) groups is 1. The zero-order valence-electron chi connectivity index (χ0n) is 9.66. The summed E-state index contributed by atoms with van der Waals surface area (Å²) in [6, 6.07) is 2.29. The van der Waals surface area contributed by atoms with Crippen LogP contribution in [-0.2, 0) is 11.3 Å². The molecular formula is C9H8F5N3O3. The molecule has 0 saturated heterocycles. The van der Waals surface area contributed by atoms with Crippen molar-refractivity contribution in [1.82, 2.24) is 9.88 Å². The van der Waals surface area contributed by atoms with Gasteiger partial charge in [-0.05, 0) is 11.0 Å². The summed E-state index contributed by atoms with van der Waals surface area (Å²) in [5.74, 6) is -6.75. The highest BCUT2D eigenvalue weighted by Gasteiger charge is 2.57. The summed E-state index contributed by atoms with van der Waals surface area (Å²) in [5.41, 5.74) is 0. The van der Waals surface area contributed by atoms with Crippen molar-refractivity contribution in [2.24, 2.45) is 0 Å². The molecule has 0 aromatic carbocycles. The van der Waals surface area contributed by atoms with Gasteiger partial charge in [-0.15, -0.1) is 0 Å². The number of aromatic nitrogens is 1. The Balaban J connectivity index is 2.61. The molecular weight excluding hydrogens is 293 g/mol. The highest BCUT2D eigenvalue weighted by atomic mass is 19.4. The van der Waals surface area contributed by atoms with E-state index in [1.807, 2.05) is 0 Å². The molecule has 11 heteroatoms. The average molecular weight is 301 g/mol. The van der Waals surface area contributed by atoms with Crippen LogP contribution in [0, 0.1) is 10.1 Å². The van der Waals surface area contributed by atoms with Gasteiger partial charge in [-0.2, -0.15) is 22.0 Å². The summed E-state index contributed by atoms with van der Waals surface area (Å²) < 4.78 is 61.4. The molecule has 112 valence electrons. The second kappa shape index (κ2) is 5.43. The van der Waals surface area contributed by atoms with Crippen LogP contribution in [0.4, 0.5) is 27.8 Å². The van der Waals surface area contributed by atoms with E-state index < -0.39 is 41.8 Å². The highest BCUT2D eigenvalue weighted by Crippen LogP contribution is 2.34. The van der Waals surface area contributed by atoms with Crippen molar-refractivity contribution in [2.45, 2.75) is 18.6 Å². The third-order valence-electron chi connectivity index (χ3n) is 2.23. The fourth-order valence-electron chi connectivity index (χ4n) is 1.22. The number of alkyl halides is 5. The summed E-state index contributed by atoms with van der Waals surface area (Å²) in [6.07, 6.45) is -4.65. The molecule has 20 heavy (non-hydrogen) atoms. The molecule has 1 aromatic rings. The number of halogens is 5. The summed E-state index contributed by atoms with van der Waals surface area (Å²) in [7, 11) is 0. The van der Waals surface area contributed by atoms with Crippen LogP contribution in [0.15, 0.2) is 18.3 Å². The first kappa shape index (κ1) is 15.9. The number of amides is 1. The molecule has 1 rings (SSSR count). The van der Waals surface area contributed by atoms with Crippen LogP contribution in [0.1, 0.15) is 0 Å². The summed E-state index contributed by atoms with van der Waals surface area (Å²) in [6.45, 7) is -2.67. The molecule has 1 heterocycles. The van der Waals surface area contributed by atoms with E-state index in [1.54, 1.807) is 0 Å². The third-order valence-corrected chi connectivity index (χ3v) is 2.23. The van der Waals surface area contributed by atoms with Gasteiger partial charge in [0, 0.05) is 6.07 Å². The first-order valence-corrected chi connectivity index (χ1v) is 5.05. The van der Waals surface area contributed by atoms with E-state index >= 15 is 0 Å². The van der Waals surface area contributed by atoms with Crippen molar-refractivity contribution in [2.75, 3.05) is 6.54 Å². The number of hydrogen-bond donors (Lipinski definition) is 1. The summed E-state index contributed by atoms with van der Waals surface area (Å²) in [4.78, 5) is 20.9. The minimum atomic E-state index is -5.78. The van der Waals surface area contributed by atoms with E-state index in [0.717, 1.165) is 16.8 Å². The topological polar surface area (TPSA) is 77.2 Å². The van der Waals surface area contributed by atoms with Crippen LogP contribution in [0.5, 0.6) is 0 Å². The molecule has 0 aliphatic rings. The molecule has 0 saturated carbocycles. The van der Waals surface area contributed by atoms with Crippen LogP contribution >= 0.6 is 0 Å². The van der Waals surface area contributed by atoms with Crippen LogP contribution in [0.2, 0.25) is 0 Å². The van der Waals surface area contributed by atoms with Crippen LogP contribution in [-0.4, -0.2) is 34.0 Å². The van der Waals surface area contributed by atoms with Gasteiger partial charge in [0.05, 0.1) is 12.7 Å². The minimum absolute atomic E-state index is 0.484. The van der Waals surface area contributed by atoms with E-state index in [4.69, 9.17) is 0 Å². The van der Waals surface area contributed by atoms with E-state index in [9.17, 15) is 36.9 Å². The van der Waals surface area contributed by atoms with Gasteiger partial charge in [-0.1, -0.05) is 0 Å². The Kier molecular flexibility index (Phi) is 4.30. The molecule has 0 unspecified atom stereocenters. The molecule has 1 amide bonds. The van der Waals surface area contributed by atoms with Crippen molar-refractivity contribution in [3.8, 4) is 0 Å². The maximum Gasteiger partial charge on any atom is 0.455 e. The molecule has 0 fully saturated rings. The largest absolute Gasteiger partial charge is 0.455 e. The molecule has 0 bridgehead atoms. The van der Waals surface area contributed by atoms with Gasteiger partial charge in [-0.25, -0.2) is 4.57 Å². The van der Waals surface area contributed by atoms with Gasteiger partial charge in [0.25, 0.3) is 5.91 Å². The van der Waals surface area contributed by atoms with E-state index in [2.05, 4.69) is 0 Å². The standard InChI is InChI=1S/C9H8F5N3O3/c10-8(11,9(12,13)14)5-15-6(18)4-16-3-1-2-7(16)17(19)20/h1-3H,4-5H2,(H,15,18). The van der Waals surface area contributed by atoms with Gasteiger partial charge in [0.15, 0.2) is 6.54 Å². The Morgan fingerprint density at radius 2 is 1.95 bits per heavy atom. The Labute approximate surface area is 108 Å². The van der Waals surface area contributed by atoms with E-state index in [1.165, 1.54) is 11.4 Å². The molecule has 6 nitrogen and oxygen atoms in total. The Morgan fingerprint density at radius 1 is 1.35 bits per heavy atom. The minimum Gasteiger partial charge on any atom is -0.358 e. The Morgan fingerprint density at radius 3 is 2.45 bits per heavy atom. The molecule has 0 aliphatic heterocycles. The van der Waals surface area contributed by atoms with Crippen LogP contribution in [0.3, 0.4) is 0 Å². The first-order chi connectivity index (χ1) is 9.04. The van der Waals surface area contributed by atoms with Gasteiger partial charge in [-0.3, -0.25) is 4.79 Å².